The van der Waals surface area contributed by atoms with Gasteiger partial charge in [-0.1, -0.05) is 146 Å². The highest BCUT2D eigenvalue weighted by Gasteiger charge is 2.28. The third-order valence-electron chi connectivity index (χ3n) is 25.1. The van der Waals surface area contributed by atoms with Gasteiger partial charge in [0.1, 0.15) is 53.3 Å². The molecule has 0 fully saturated rings. The lowest BCUT2D eigenvalue weighted by molar-refractivity contribution is 0.101. The molecule has 35 nitrogen and oxygen atoms in total. The molecular weight excluding hydrogens is 1800 g/mol. The number of benzene rings is 8. The van der Waals surface area contributed by atoms with Gasteiger partial charge in [-0.05, 0) is 171 Å². The molecule has 0 aliphatic carbocycles. The van der Waals surface area contributed by atoms with Gasteiger partial charge in [0, 0.05) is 139 Å². The molecule has 0 aliphatic heterocycles. The van der Waals surface area contributed by atoms with Crippen molar-refractivity contribution in [3.05, 3.63) is 387 Å². The number of anilines is 5. The maximum atomic E-state index is 14.3. The molecule has 143 heavy (non-hydrogen) atoms. The van der Waals surface area contributed by atoms with E-state index in [2.05, 4.69) is 119 Å². The first-order valence-electron chi connectivity index (χ1n) is 46.2. The Labute approximate surface area is 815 Å². The molecule has 0 saturated carbocycles. The Balaban J connectivity index is 0.000000117. The quantitative estimate of drug-likeness (QED) is 0.0310. The van der Waals surface area contributed by atoms with Crippen molar-refractivity contribution in [2.75, 3.05) is 27.0 Å². The molecule has 23 aromatic rings. The topological polar surface area (TPSA) is 427 Å². The Kier molecular flexibility index (Phi) is 24.9. The van der Waals surface area contributed by atoms with Gasteiger partial charge in [0.2, 0.25) is 11.9 Å². The van der Waals surface area contributed by atoms with Crippen LogP contribution in [0.3, 0.4) is 0 Å². The summed E-state index contributed by atoms with van der Waals surface area (Å²) in [6, 6.07) is 69.2. The zero-order valence-corrected chi connectivity index (χ0v) is 79.6. The van der Waals surface area contributed by atoms with E-state index in [0.29, 0.717) is 72.7 Å². The maximum Gasteiger partial charge on any atom is 0.263 e. The number of ketones is 1. The summed E-state index contributed by atoms with van der Waals surface area (Å²) in [7, 11) is 7.46. The monoisotopic (exact) mass is 1890 g/mol. The van der Waals surface area contributed by atoms with Crippen LogP contribution < -0.4 is 49.2 Å². The lowest BCUT2D eigenvalue weighted by Crippen LogP contribution is -2.26. The molecule has 0 bridgehead atoms. The van der Waals surface area contributed by atoms with E-state index in [-0.39, 0.29) is 58.1 Å². The van der Waals surface area contributed by atoms with E-state index in [1.165, 1.54) is 25.9 Å². The van der Waals surface area contributed by atoms with Crippen molar-refractivity contribution in [2.45, 2.75) is 72.6 Å². The first-order valence-corrected chi connectivity index (χ1v) is 46.2. The van der Waals surface area contributed by atoms with Crippen molar-refractivity contribution in [3.63, 3.8) is 0 Å². The number of hydrogen-bond donors (Lipinski definition) is 8. The zero-order valence-electron chi connectivity index (χ0n) is 79.6. The van der Waals surface area contributed by atoms with Crippen molar-refractivity contribution in [1.29, 1.82) is 0 Å². The molecule has 708 valence electrons. The van der Waals surface area contributed by atoms with E-state index < -0.39 is 0 Å². The van der Waals surface area contributed by atoms with Crippen LogP contribution in [0.15, 0.2) is 325 Å². The maximum absolute atomic E-state index is 14.3. The summed E-state index contributed by atoms with van der Waals surface area (Å²) in [5, 5.41) is 38.4. The van der Waals surface area contributed by atoms with Crippen molar-refractivity contribution >= 4 is 111 Å². The van der Waals surface area contributed by atoms with Crippen LogP contribution in [0.5, 0.6) is 0 Å². The number of rotatable bonds is 21. The lowest BCUT2D eigenvalue weighted by atomic mass is 9.99. The fraction of sp³-hybridized carbons (Fsp3) is 0.139. The number of nitrogens with zero attached hydrogens (tertiary/aromatic N) is 22. The van der Waals surface area contributed by atoms with Crippen LogP contribution in [0.1, 0.15) is 103 Å². The first kappa shape index (κ1) is 91.7. The lowest BCUT2D eigenvalue weighted by Gasteiger charge is -2.22. The molecule has 0 radical (unpaired) electrons. The molecule has 0 saturated heterocycles. The molecule has 9 N–H and O–H groups in total. The Morgan fingerprint density at radius 3 is 1.06 bits per heavy atom. The van der Waals surface area contributed by atoms with Gasteiger partial charge >= 0.3 is 0 Å². The van der Waals surface area contributed by atoms with Crippen molar-refractivity contribution < 1.29 is 4.79 Å². The summed E-state index contributed by atoms with van der Waals surface area (Å²) < 4.78 is 14.0. The predicted molar refractivity (Wildman–Crippen MR) is 558 cm³/mol. The summed E-state index contributed by atoms with van der Waals surface area (Å²) in [4.78, 5) is 121. The number of nitrogens with two attached hydrogens (primary N) is 1. The molecule has 0 spiro atoms. The largest absolute Gasteiger partial charge is 0.368 e. The number of H-pyrrole nitrogens is 3. The number of carbonyl (C=O) groups is 1. The number of aryl methyl sites for hydroxylation is 6. The Bertz CT molecular complexity index is 8830. The fourth-order valence-corrected chi connectivity index (χ4v) is 18.5. The van der Waals surface area contributed by atoms with Gasteiger partial charge in [-0.3, -0.25) is 61.0 Å². The highest BCUT2D eigenvalue weighted by molar-refractivity contribution is 6.10. The van der Waals surface area contributed by atoms with Gasteiger partial charge in [-0.2, -0.15) is 35.3 Å². The normalized spacial score (nSPS) is 12.2. The summed E-state index contributed by atoms with van der Waals surface area (Å²) in [5.41, 5.74) is 22.8. The molecule has 8 aromatic carbocycles. The van der Waals surface area contributed by atoms with Gasteiger partial charge in [0.05, 0.1) is 87.6 Å². The Morgan fingerprint density at radius 2 is 0.699 bits per heavy atom. The third-order valence-corrected chi connectivity index (χ3v) is 25.1. The van der Waals surface area contributed by atoms with Crippen LogP contribution in [0.2, 0.25) is 0 Å². The van der Waals surface area contributed by atoms with Crippen LogP contribution in [0, 0.1) is 13.8 Å². The van der Waals surface area contributed by atoms with Crippen LogP contribution in [0.4, 0.5) is 29.4 Å². The molecule has 23 rings (SSSR count). The first-order chi connectivity index (χ1) is 69.4. The smallest absolute Gasteiger partial charge is 0.263 e. The number of pyridine rings is 4. The number of hydrogen-bond acceptors (Lipinski definition) is 24. The molecule has 35 heteroatoms. The third kappa shape index (κ3) is 18.1. The molecular formula is C108H96N30O5. The summed E-state index contributed by atoms with van der Waals surface area (Å²) in [6.07, 6.45) is 24.3. The Morgan fingerprint density at radius 1 is 0.357 bits per heavy atom. The van der Waals surface area contributed by atoms with Gasteiger partial charge in [-0.15, -0.1) is 0 Å². The fourth-order valence-electron chi connectivity index (χ4n) is 18.5. The highest BCUT2D eigenvalue weighted by atomic mass is 16.1. The average Bonchev–Trinajstić information content (AvgIpc) is 1.60. The van der Waals surface area contributed by atoms with Crippen molar-refractivity contribution in [3.8, 4) is 67.3 Å². The van der Waals surface area contributed by atoms with E-state index in [9.17, 15) is 24.0 Å². The van der Waals surface area contributed by atoms with Gasteiger partial charge < -0.3 is 42.0 Å². The second-order valence-corrected chi connectivity index (χ2v) is 34.8. The van der Waals surface area contributed by atoms with Gasteiger partial charge in [0.15, 0.2) is 17.2 Å². The van der Waals surface area contributed by atoms with E-state index in [0.717, 1.165) is 134 Å². The standard InChI is InChI=1S/C29H25N7O2.C28H25N7O.C26H23N9O.C25H23N7O/c1-17(34-28-26-23(18(2)37)14-30-27(26)31-16-32-28)24-12-19-8-7-11-22(20-13-33-35(3)15-20)25(19)29(38)36(24)21-9-5-4-6-10-21;1-17-13-29-26-24(17)27(31-16-30-26)33-18(2)23-12-19-8-7-11-22(20-14-32-34(3)15-20)25(19)28(36)35(23)21-9-5-4-6-10-21;1-15(31-24-22-23(29-14-28-22)32-26(27)33-24)20-11-16-7-6-10-19(17-12-30-34(2)13-17)21(16)25(36)35(20)18-8-4-3-5-9-18;1-16(29-25-27-15-26-17(2)30-25)22-12-18-8-7-11-21(19-13-28-31(3)14-19)23(18)24(33)32(22)20-9-5-4-6-10-20/h4-17H,1-3H3,(H2,30,31,32,34);4-16,18H,1-3H3,(H2,29,30,31,33);3-15H,1-2H3,(H4,27,28,29,31,32,33);4-16H,1-3H3,(H,26,27,29,30)/t17-;18-;15-;16-/m0000/s1. The minimum Gasteiger partial charge on any atom is -0.368 e. The number of nitrogens with one attached hydrogen (secondary N) is 7. The minimum atomic E-state index is -0.345. The second-order valence-electron chi connectivity index (χ2n) is 34.8. The molecule has 4 atom stereocenters. The average molecular weight is 1890 g/mol. The minimum absolute atomic E-state index is 0.0764. The van der Waals surface area contributed by atoms with Crippen LogP contribution in [-0.2, 0) is 28.2 Å². The van der Waals surface area contributed by atoms with Crippen molar-refractivity contribution in [2.24, 2.45) is 28.2 Å². The van der Waals surface area contributed by atoms with E-state index in [4.69, 9.17) is 5.73 Å². The number of nitrogen functional groups attached to an aromatic ring is 1. The van der Waals surface area contributed by atoms with Crippen LogP contribution >= 0.6 is 0 Å². The van der Waals surface area contributed by atoms with E-state index in [1.54, 1.807) is 74.3 Å². The van der Waals surface area contributed by atoms with Crippen molar-refractivity contribution in [1.82, 2.24) is 122 Å². The highest BCUT2D eigenvalue weighted by Crippen LogP contribution is 2.39. The summed E-state index contributed by atoms with van der Waals surface area (Å²) >= 11 is 0. The van der Waals surface area contributed by atoms with E-state index >= 15 is 0 Å². The number of Topliss-reactive ketones (excluding diaryl/α,β-unsaturated/α-hetero) is 1. The van der Waals surface area contributed by atoms with Crippen LogP contribution in [-0.4, -0.2) is 128 Å². The predicted octanol–water partition coefficient (Wildman–Crippen LogP) is 18.1. The van der Waals surface area contributed by atoms with E-state index in [1.807, 2.05) is 307 Å². The number of imidazole rings is 1. The SMILES string of the molecule is CC(=O)c1c[nH]c2ncnc(N[C@@H](C)c3cc4cccc(-c5cnn(C)c5)c4c(=O)n3-c3ccccc3)c12.C[C@H](Nc1nc(N)nc2nc[nH]c12)c1cc2cccc(-c3cnn(C)c3)c2c(=O)n1-c1ccccc1.Cc1c[nH]c2ncnc(N[C@@H](C)c3cc4cccc(-c5cnn(C)c5)c4c(=O)n3-c3ccccc3)c12.Cc1ncnc(N[C@@H](C)c2cc3cccc(-c4cnn(C)c4)c3c(=O)n2-c2ccccc2)n1. The Hall–Kier alpha value is -19.1. The number of aromatic amines is 3. The summed E-state index contributed by atoms with van der Waals surface area (Å²) in [6.45, 7) is 13.3. The number of para-hydroxylation sites is 4. The van der Waals surface area contributed by atoms with Gasteiger partial charge in [0.25, 0.3) is 22.2 Å². The number of fused-ring (bicyclic) bond motifs is 7. The number of carbonyl (C=O) groups excluding carboxylic acids is 1. The van der Waals surface area contributed by atoms with Crippen LogP contribution in [0.25, 0.3) is 144 Å². The molecule has 0 amide bonds. The molecule has 0 aliphatic rings. The number of aromatic nitrogens is 25. The second kappa shape index (κ2) is 38.8. The zero-order chi connectivity index (χ0) is 99.0. The summed E-state index contributed by atoms with van der Waals surface area (Å²) in [5.74, 6) is 2.87. The van der Waals surface area contributed by atoms with Gasteiger partial charge in [-0.25, -0.2) is 34.9 Å². The molecule has 15 heterocycles. The molecule has 15 aromatic heterocycles. The molecule has 0 unspecified atom stereocenters.